The van der Waals surface area contributed by atoms with E-state index in [0.29, 0.717) is 12.5 Å². The summed E-state index contributed by atoms with van der Waals surface area (Å²) < 4.78 is 17.9. The maximum Gasteiger partial charge on any atom is 0.123 e. The summed E-state index contributed by atoms with van der Waals surface area (Å²) in [5.41, 5.74) is 0.915. The molecule has 0 aliphatic heterocycles. The molecule has 0 aromatic heterocycles. The van der Waals surface area contributed by atoms with Gasteiger partial charge in [0.05, 0.1) is 12.0 Å². The van der Waals surface area contributed by atoms with Gasteiger partial charge in [-0.1, -0.05) is 12.1 Å². The fourth-order valence-corrected chi connectivity index (χ4v) is 1.38. The maximum atomic E-state index is 12.6. The Labute approximate surface area is 82.5 Å². The summed E-state index contributed by atoms with van der Waals surface area (Å²) >= 11 is 5.70. The van der Waals surface area contributed by atoms with Crippen molar-refractivity contribution in [3.05, 3.63) is 35.6 Å². The molecule has 1 aromatic carbocycles. The van der Waals surface area contributed by atoms with Crippen LogP contribution in [0.4, 0.5) is 4.39 Å². The Morgan fingerprint density at radius 2 is 2.00 bits per heavy atom. The molecule has 0 aliphatic carbocycles. The van der Waals surface area contributed by atoms with Crippen LogP contribution in [0.25, 0.3) is 0 Å². The van der Waals surface area contributed by atoms with Gasteiger partial charge in [-0.25, -0.2) is 4.39 Å². The molecule has 0 fully saturated rings. The van der Waals surface area contributed by atoms with E-state index in [2.05, 4.69) is 0 Å². The molecule has 0 bridgehead atoms. The highest BCUT2D eigenvalue weighted by molar-refractivity contribution is 6.18. The summed E-state index contributed by atoms with van der Waals surface area (Å²) in [6.07, 6.45) is -0.132. The van der Waals surface area contributed by atoms with E-state index in [1.807, 2.05) is 6.92 Å². The van der Waals surface area contributed by atoms with Gasteiger partial charge in [-0.15, -0.1) is 11.6 Å². The lowest BCUT2D eigenvalue weighted by atomic mass is 10.1. The third-order valence-electron chi connectivity index (χ3n) is 1.75. The number of hydrogen-bond donors (Lipinski definition) is 0. The first kappa shape index (κ1) is 10.5. The summed E-state index contributed by atoms with van der Waals surface area (Å²) in [6, 6.07) is 6.21. The van der Waals surface area contributed by atoms with Crippen molar-refractivity contribution < 1.29 is 9.13 Å². The van der Waals surface area contributed by atoms with Gasteiger partial charge in [0.25, 0.3) is 0 Å². The molecule has 1 unspecified atom stereocenters. The normalized spacial score (nSPS) is 12.8. The van der Waals surface area contributed by atoms with E-state index in [1.54, 1.807) is 12.1 Å². The Morgan fingerprint density at radius 3 is 2.46 bits per heavy atom. The second-order valence-electron chi connectivity index (χ2n) is 2.65. The van der Waals surface area contributed by atoms with Crippen LogP contribution in [0.1, 0.15) is 18.6 Å². The van der Waals surface area contributed by atoms with Crippen LogP contribution in [0.2, 0.25) is 0 Å². The van der Waals surface area contributed by atoms with E-state index in [0.717, 1.165) is 5.56 Å². The van der Waals surface area contributed by atoms with E-state index in [1.165, 1.54) is 12.1 Å². The smallest absolute Gasteiger partial charge is 0.123 e. The van der Waals surface area contributed by atoms with Crippen LogP contribution in [0.3, 0.4) is 0 Å². The van der Waals surface area contributed by atoms with E-state index in [4.69, 9.17) is 16.3 Å². The number of alkyl halides is 1. The van der Waals surface area contributed by atoms with Gasteiger partial charge < -0.3 is 4.74 Å². The molecule has 0 amide bonds. The van der Waals surface area contributed by atoms with Crippen LogP contribution in [0.5, 0.6) is 0 Å². The number of ether oxygens (including phenoxy) is 1. The first-order valence-electron chi connectivity index (χ1n) is 4.21. The molecule has 13 heavy (non-hydrogen) atoms. The topological polar surface area (TPSA) is 9.23 Å². The summed E-state index contributed by atoms with van der Waals surface area (Å²) in [5.74, 6) is 0.146. The SMILES string of the molecule is CCOC(CCl)c1ccc(F)cc1. The van der Waals surface area contributed by atoms with Crippen LogP contribution in [-0.4, -0.2) is 12.5 Å². The fourth-order valence-electron chi connectivity index (χ4n) is 1.11. The van der Waals surface area contributed by atoms with Crippen LogP contribution >= 0.6 is 11.6 Å². The second-order valence-corrected chi connectivity index (χ2v) is 2.96. The van der Waals surface area contributed by atoms with E-state index in [9.17, 15) is 4.39 Å². The average molecular weight is 203 g/mol. The predicted octanol–water partition coefficient (Wildman–Crippen LogP) is 3.14. The lowest BCUT2D eigenvalue weighted by molar-refractivity contribution is 0.0788. The van der Waals surface area contributed by atoms with Crippen molar-refractivity contribution in [1.82, 2.24) is 0 Å². The molecule has 0 saturated heterocycles. The molecular formula is C10H12ClFO. The van der Waals surface area contributed by atoms with Gasteiger partial charge >= 0.3 is 0 Å². The van der Waals surface area contributed by atoms with E-state index < -0.39 is 0 Å². The monoisotopic (exact) mass is 202 g/mol. The highest BCUT2D eigenvalue weighted by Gasteiger charge is 2.09. The molecule has 1 nitrogen and oxygen atoms in total. The number of rotatable bonds is 4. The summed E-state index contributed by atoms with van der Waals surface area (Å²) in [6.45, 7) is 2.51. The fraction of sp³-hybridized carbons (Fsp3) is 0.400. The standard InChI is InChI=1S/C10H12ClFO/c1-2-13-10(7-11)8-3-5-9(12)6-4-8/h3-6,10H,2,7H2,1H3. The minimum absolute atomic E-state index is 0.132. The van der Waals surface area contributed by atoms with E-state index in [-0.39, 0.29) is 11.9 Å². The van der Waals surface area contributed by atoms with Crippen molar-refractivity contribution in [3.63, 3.8) is 0 Å². The number of halogens is 2. The zero-order valence-corrected chi connectivity index (χ0v) is 8.22. The molecule has 0 N–H and O–H groups in total. The Hall–Kier alpha value is -0.600. The van der Waals surface area contributed by atoms with Gasteiger partial charge in [-0.05, 0) is 24.6 Å². The molecule has 1 atom stereocenters. The van der Waals surface area contributed by atoms with Gasteiger partial charge in [0.1, 0.15) is 5.82 Å². The average Bonchev–Trinajstić information content (AvgIpc) is 2.16. The van der Waals surface area contributed by atoms with Gasteiger partial charge in [0, 0.05) is 6.61 Å². The van der Waals surface area contributed by atoms with Gasteiger partial charge in [0.15, 0.2) is 0 Å². The molecule has 0 radical (unpaired) electrons. The zero-order valence-electron chi connectivity index (χ0n) is 7.47. The number of hydrogen-bond acceptors (Lipinski definition) is 1. The highest BCUT2D eigenvalue weighted by atomic mass is 35.5. The van der Waals surface area contributed by atoms with Crippen LogP contribution in [0.15, 0.2) is 24.3 Å². The first-order valence-corrected chi connectivity index (χ1v) is 4.74. The van der Waals surface area contributed by atoms with Crippen molar-refractivity contribution in [2.75, 3.05) is 12.5 Å². The molecule has 0 heterocycles. The largest absolute Gasteiger partial charge is 0.373 e. The summed E-state index contributed by atoms with van der Waals surface area (Å²) in [5, 5.41) is 0. The molecular weight excluding hydrogens is 191 g/mol. The van der Waals surface area contributed by atoms with Gasteiger partial charge in [-0.3, -0.25) is 0 Å². The quantitative estimate of drug-likeness (QED) is 0.682. The third-order valence-corrected chi connectivity index (χ3v) is 2.03. The summed E-state index contributed by atoms with van der Waals surface area (Å²) in [7, 11) is 0. The molecule has 0 spiro atoms. The lowest BCUT2D eigenvalue weighted by Gasteiger charge is -2.13. The Bertz CT molecular complexity index is 248. The lowest BCUT2D eigenvalue weighted by Crippen LogP contribution is -2.05. The minimum atomic E-state index is -0.242. The molecule has 0 aliphatic rings. The van der Waals surface area contributed by atoms with Crippen LogP contribution in [-0.2, 0) is 4.74 Å². The Balaban J connectivity index is 2.73. The third kappa shape index (κ3) is 2.98. The first-order chi connectivity index (χ1) is 6.27. The molecule has 1 aromatic rings. The Morgan fingerprint density at radius 1 is 1.38 bits per heavy atom. The van der Waals surface area contributed by atoms with Crippen LogP contribution < -0.4 is 0 Å². The van der Waals surface area contributed by atoms with Crippen molar-refractivity contribution >= 4 is 11.6 Å². The van der Waals surface area contributed by atoms with Gasteiger partial charge in [0.2, 0.25) is 0 Å². The molecule has 3 heteroatoms. The Kier molecular flexibility index (Phi) is 4.19. The van der Waals surface area contributed by atoms with E-state index >= 15 is 0 Å². The van der Waals surface area contributed by atoms with Crippen molar-refractivity contribution in [3.8, 4) is 0 Å². The molecule has 72 valence electrons. The molecule has 1 rings (SSSR count). The van der Waals surface area contributed by atoms with Crippen molar-refractivity contribution in [2.45, 2.75) is 13.0 Å². The molecule has 0 saturated carbocycles. The van der Waals surface area contributed by atoms with Crippen LogP contribution in [0, 0.1) is 5.82 Å². The second kappa shape index (κ2) is 5.20. The zero-order chi connectivity index (χ0) is 9.68. The minimum Gasteiger partial charge on any atom is -0.373 e. The summed E-state index contributed by atoms with van der Waals surface area (Å²) in [4.78, 5) is 0. The van der Waals surface area contributed by atoms with Crippen molar-refractivity contribution in [1.29, 1.82) is 0 Å². The highest BCUT2D eigenvalue weighted by Crippen LogP contribution is 2.18. The predicted molar refractivity (Wildman–Crippen MR) is 51.5 cm³/mol. The maximum absolute atomic E-state index is 12.6. The van der Waals surface area contributed by atoms with Crippen molar-refractivity contribution in [2.24, 2.45) is 0 Å². The number of benzene rings is 1. The van der Waals surface area contributed by atoms with Gasteiger partial charge in [-0.2, -0.15) is 0 Å².